The van der Waals surface area contributed by atoms with Gasteiger partial charge in [-0.25, -0.2) is 0 Å². The lowest BCUT2D eigenvalue weighted by molar-refractivity contribution is -0.116. The van der Waals surface area contributed by atoms with Crippen molar-refractivity contribution in [2.75, 3.05) is 19.0 Å². The molecule has 0 saturated heterocycles. The van der Waals surface area contributed by atoms with Gasteiger partial charge in [0.15, 0.2) is 0 Å². The van der Waals surface area contributed by atoms with Crippen LogP contribution in [0.5, 0.6) is 11.5 Å². The van der Waals surface area contributed by atoms with Crippen molar-refractivity contribution in [3.63, 3.8) is 0 Å². The van der Waals surface area contributed by atoms with Gasteiger partial charge >= 0.3 is 0 Å². The molecule has 0 aliphatic rings. The van der Waals surface area contributed by atoms with Crippen molar-refractivity contribution < 1.29 is 14.3 Å². The van der Waals surface area contributed by atoms with Gasteiger partial charge < -0.3 is 14.8 Å². The van der Waals surface area contributed by atoms with E-state index >= 15 is 0 Å². The number of halogens is 1. The van der Waals surface area contributed by atoms with Gasteiger partial charge in [0, 0.05) is 6.42 Å². The summed E-state index contributed by atoms with van der Waals surface area (Å²) in [4.78, 5) is 12.0. The monoisotopic (exact) mass is 391 g/mol. The first-order chi connectivity index (χ1) is 11.6. The lowest BCUT2D eigenvalue weighted by atomic mass is 10.2. The highest BCUT2D eigenvalue weighted by atomic mass is 79.9. The fraction of sp³-hybridized carbons (Fsp3) is 0.316. The Morgan fingerprint density at radius 2 is 1.96 bits per heavy atom. The minimum atomic E-state index is -0.0523. The lowest BCUT2D eigenvalue weighted by Gasteiger charge is -2.11. The standard InChI is InChI=1S/C19H22BrNO3/c1-3-14-10-11-17(15(20)13-14)24-12-6-9-19(22)21-16-7-4-5-8-18(16)23-2/h4-5,7-8,10-11,13H,3,6,9,12H2,1-2H3,(H,21,22). The summed E-state index contributed by atoms with van der Waals surface area (Å²) in [6, 6.07) is 13.4. The number of hydrogen-bond acceptors (Lipinski definition) is 3. The third-order valence-corrected chi connectivity index (χ3v) is 4.21. The minimum absolute atomic E-state index is 0.0523. The molecular weight excluding hydrogens is 370 g/mol. The van der Waals surface area contributed by atoms with Crippen molar-refractivity contribution in [2.24, 2.45) is 0 Å². The Hall–Kier alpha value is -2.01. The first-order valence-corrected chi connectivity index (χ1v) is 8.77. The Kier molecular flexibility index (Phi) is 7.12. The van der Waals surface area contributed by atoms with Crippen LogP contribution in [0.1, 0.15) is 25.3 Å². The summed E-state index contributed by atoms with van der Waals surface area (Å²) < 4.78 is 11.9. The zero-order valence-corrected chi connectivity index (χ0v) is 15.6. The molecule has 0 fully saturated rings. The van der Waals surface area contributed by atoms with E-state index in [1.165, 1.54) is 5.56 Å². The van der Waals surface area contributed by atoms with E-state index in [-0.39, 0.29) is 5.91 Å². The molecule has 0 aliphatic carbocycles. The Morgan fingerprint density at radius 3 is 2.67 bits per heavy atom. The molecule has 2 aromatic rings. The third kappa shape index (κ3) is 5.27. The number of rotatable bonds is 8. The second kappa shape index (κ2) is 9.33. The van der Waals surface area contributed by atoms with Crippen molar-refractivity contribution in [3.05, 3.63) is 52.5 Å². The SMILES string of the molecule is CCc1ccc(OCCCC(=O)Nc2ccccc2OC)c(Br)c1. The maximum absolute atomic E-state index is 12.0. The van der Waals surface area contributed by atoms with E-state index in [2.05, 4.69) is 40.3 Å². The van der Waals surface area contributed by atoms with Crippen molar-refractivity contribution in [1.29, 1.82) is 0 Å². The molecule has 5 heteroatoms. The molecule has 1 amide bonds. The van der Waals surface area contributed by atoms with E-state index in [1.807, 2.05) is 30.3 Å². The number of carbonyl (C=O) groups is 1. The maximum atomic E-state index is 12.0. The molecule has 0 aliphatic heterocycles. The fourth-order valence-electron chi connectivity index (χ4n) is 2.26. The van der Waals surface area contributed by atoms with Crippen molar-refractivity contribution in [2.45, 2.75) is 26.2 Å². The molecule has 2 rings (SSSR count). The smallest absolute Gasteiger partial charge is 0.224 e. The molecule has 0 aromatic heterocycles. The van der Waals surface area contributed by atoms with Gasteiger partial charge in [0.05, 0.1) is 23.9 Å². The average Bonchev–Trinajstić information content (AvgIpc) is 2.60. The topological polar surface area (TPSA) is 47.6 Å². The van der Waals surface area contributed by atoms with Crippen LogP contribution in [0.25, 0.3) is 0 Å². The van der Waals surface area contributed by atoms with Crippen molar-refractivity contribution >= 4 is 27.5 Å². The van der Waals surface area contributed by atoms with E-state index in [0.717, 1.165) is 16.6 Å². The number of amides is 1. The van der Waals surface area contributed by atoms with Crippen molar-refractivity contribution in [1.82, 2.24) is 0 Å². The molecule has 0 saturated carbocycles. The molecule has 4 nitrogen and oxygen atoms in total. The van der Waals surface area contributed by atoms with Crippen LogP contribution in [0.3, 0.4) is 0 Å². The molecule has 24 heavy (non-hydrogen) atoms. The van der Waals surface area contributed by atoms with Gasteiger partial charge in [0.1, 0.15) is 11.5 Å². The summed E-state index contributed by atoms with van der Waals surface area (Å²) in [5.74, 6) is 1.41. The van der Waals surface area contributed by atoms with Crippen LogP contribution in [0.2, 0.25) is 0 Å². The average molecular weight is 392 g/mol. The number of benzene rings is 2. The number of anilines is 1. The molecule has 0 unspecified atom stereocenters. The fourth-order valence-corrected chi connectivity index (χ4v) is 2.80. The summed E-state index contributed by atoms with van der Waals surface area (Å²) in [5, 5.41) is 2.86. The molecule has 1 N–H and O–H groups in total. The highest BCUT2D eigenvalue weighted by Crippen LogP contribution is 2.26. The Labute approximate surface area is 151 Å². The minimum Gasteiger partial charge on any atom is -0.495 e. The van der Waals surface area contributed by atoms with Gasteiger partial charge in [-0.3, -0.25) is 4.79 Å². The molecule has 0 heterocycles. The van der Waals surface area contributed by atoms with E-state index in [4.69, 9.17) is 9.47 Å². The van der Waals surface area contributed by atoms with E-state index in [0.29, 0.717) is 30.9 Å². The van der Waals surface area contributed by atoms with Gasteiger partial charge in [-0.1, -0.05) is 25.1 Å². The summed E-state index contributed by atoms with van der Waals surface area (Å²) >= 11 is 3.51. The largest absolute Gasteiger partial charge is 0.495 e. The van der Waals surface area contributed by atoms with Gasteiger partial charge in [-0.15, -0.1) is 0 Å². The number of aryl methyl sites for hydroxylation is 1. The molecule has 0 radical (unpaired) electrons. The highest BCUT2D eigenvalue weighted by Gasteiger charge is 2.07. The highest BCUT2D eigenvalue weighted by molar-refractivity contribution is 9.10. The van der Waals surface area contributed by atoms with Gasteiger partial charge in [-0.05, 0) is 58.6 Å². The van der Waals surface area contributed by atoms with Crippen LogP contribution in [0.4, 0.5) is 5.69 Å². The van der Waals surface area contributed by atoms with Crippen LogP contribution in [-0.2, 0) is 11.2 Å². The maximum Gasteiger partial charge on any atom is 0.224 e. The molecule has 0 bridgehead atoms. The summed E-state index contributed by atoms with van der Waals surface area (Å²) in [5.41, 5.74) is 1.94. The second-order valence-corrected chi connectivity index (χ2v) is 6.17. The summed E-state index contributed by atoms with van der Waals surface area (Å²) in [6.07, 6.45) is 2.02. The zero-order valence-electron chi connectivity index (χ0n) is 14.0. The number of ether oxygens (including phenoxy) is 2. The number of hydrogen-bond donors (Lipinski definition) is 1. The van der Waals surface area contributed by atoms with E-state index in [1.54, 1.807) is 7.11 Å². The summed E-state index contributed by atoms with van der Waals surface area (Å²) in [6.45, 7) is 2.60. The van der Waals surface area contributed by atoms with Crippen LogP contribution in [0.15, 0.2) is 46.9 Å². The Balaban J connectivity index is 1.77. The normalized spacial score (nSPS) is 10.3. The second-order valence-electron chi connectivity index (χ2n) is 5.32. The molecular formula is C19H22BrNO3. The quantitative estimate of drug-likeness (QED) is 0.656. The van der Waals surface area contributed by atoms with Crippen LogP contribution >= 0.6 is 15.9 Å². The van der Waals surface area contributed by atoms with E-state index < -0.39 is 0 Å². The molecule has 128 valence electrons. The van der Waals surface area contributed by atoms with Crippen LogP contribution < -0.4 is 14.8 Å². The predicted octanol–water partition coefficient (Wildman–Crippen LogP) is 4.82. The molecule has 2 aromatic carbocycles. The zero-order chi connectivity index (χ0) is 17.4. The summed E-state index contributed by atoms with van der Waals surface area (Å²) in [7, 11) is 1.58. The van der Waals surface area contributed by atoms with Gasteiger partial charge in [0.2, 0.25) is 5.91 Å². The Bertz CT molecular complexity index is 688. The molecule has 0 spiro atoms. The predicted molar refractivity (Wildman–Crippen MR) is 99.9 cm³/mol. The number of carbonyl (C=O) groups excluding carboxylic acids is 1. The number of nitrogens with one attached hydrogen (secondary N) is 1. The number of methoxy groups -OCH3 is 1. The lowest BCUT2D eigenvalue weighted by Crippen LogP contribution is -2.13. The van der Waals surface area contributed by atoms with Crippen LogP contribution in [-0.4, -0.2) is 19.6 Å². The van der Waals surface area contributed by atoms with Crippen LogP contribution in [0, 0.1) is 0 Å². The van der Waals surface area contributed by atoms with Gasteiger partial charge in [-0.2, -0.15) is 0 Å². The number of para-hydroxylation sites is 2. The molecule has 0 atom stereocenters. The first kappa shape index (κ1) is 18.3. The van der Waals surface area contributed by atoms with Crippen molar-refractivity contribution in [3.8, 4) is 11.5 Å². The third-order valence-electron chi connectivity index (χ3n) is 3.59. The first-order valence-electron chi connectivity index (χ1n) is 7.98. The Morgan fingerprint density at radius 1 is 1.17 bits per heavy atom. The van der Waals surface area contributed by atoms with Gasteiger partial charge in [0.25, 0.3) is 0 Å². The van der Waals surface area contributed by atoms with E-state index in [9.17, 15) is 4.79 Å².